The molecular weight excluding hydrogens is 256 g/mol. The maximum Gasteiger partial charge on any atom is 0.335 e. The molecule has 0 fully saturated rings. The third kappa shape index (κ3) is 3.12. The second-order valence-electron chi connectivity index (χ2n) is 4.24. The Morgan fingerprint density at radius 3 is 2.90 bits per heavy atom. The van der Waals surface area contributed by atoms with Gasteiger partial charge in [0.1, 0.15) is 24.1 Å². The van der Waals surface area contributed by atoms with Crippen LogP contribution in [0.2, 0.25) is 0 Å². The largest absolute Gasteiger partial charge is 0.489 e. The van der Waals surface area contributed by atoms with E-state index in [0.717, 1.165) is 11.1 Å². The van der Waals surface area contributed by atoms with Gasteiger partial charge in [-0.15, -0.1) is 0 Å². The van der Waals surface area contributed by atoms with E-state index in [-0.39, 0.29) is 12.2 Å². The summed E-state index contributed by atoms with van der Waals surface area (Å²) in [6.07, 6.45) is 1.54. The van der Waals surface area contributed by atoms with E-state index in [1.54, 1.807) is 18.2 Å². The molecule has 0 saturated heterocycles. The fourth-order valence-electron chi connectivity index (χ4n) is 1.67. The lowest BCUT2D eigenvalue weighted by Gasteiger charge is -2.10. The van der Waals surface area contributed by atoms with Crippen LogP contribution >= 0.6 is 0 Å². The summed E-state index contributed by atoms with van der Waals surface area (Å²) in [7, 11) is 0. The van der Waals surface area contributed by atoms with Gasteiger partial charge in [-0.25, -0.2) is 9.78 Å². The number of nitrogens with zero attached hydrogens (tertiary/aromatic N) is 2. The van der Waals surface area contributed by atoms with E-state index < -0.39 is 5.97 Å². The molecule has 0 atom stereocenters. The molecule has 20 heavy (non-hydrogen) atoms. The van der Waals surface area contributed by atoms with Crippen LogP contribution in [0.5, 0.6) is 5.75 Å². The van der Waals surface area contributed by atoms with Crippen molar-refractivity contribution in [2.24, 2.45) is 0 Å². The first-order chi connectivity index (χ1) is 9.60. The second kappa shape index (κ2) is 5.85. The number of hydrogen-bond acceptors (Lipinski definition) is 4. The minimum absolute atomic E-state index is 0.179. The van der Waals surface area contributed by atoms with Crippen LogP contribution in [0, 0.1) is 18.3 Å². The fraction of sp³-hybridized carbons (Fsp3) is 0.133. The van der Waals surface area contributed by atoms with Gasteiger partial charge in [0.05, 0.1) is 5.56 Å². The molecule has 5 heteroatoms. The van der Waals surface area contributed by atoms with Gasteiger partial charge in [-0.3, -0.25) is 0 Å². The average molecular weight is 268 g/mol. The number of rotatable bonds is 4. The number of carboxylic acids is 1. The first-order valence-corrected chi connectivity index (χ1v) is 5.92. The van der Waals surface area contributed by atoms with Crippen molar-refractivity contribution in [1.82, 2.24) is 4.98 Å². The number of carboxylic acid groups (broad SMARTS) is 1. The van der Waals surface area contributed by atoms with E-state index in [0.29, 0.717) is 11.4 Å². The molecule has 0 spiro atoms. The fourth-order valence-corrected chi connectivity index (χ4v) is 1.67. The number of carbonyl (C=O) groups is 1. The molecule has 0 aliphatic heterocycles. The van der Waals surface area contributed by atoms with Crippen molar-refractivity contribution < 1.29 is 14.6 Å². The molecule has 1 aromatic carbocycles. The van der Waals surface area contributed by atoms with Gasteiger partial charge >= 0.3 is 5.97 Å². The Labute approximate surface area is 116 Å². The zero-order chi connectivity index (χ0) is 14.5. The first kappa shape index (κ1) is 13.6. The minimum atomic E-state index is -0.995. The van der Waals surface area contributed by atoms with Crippen molar-refractivity contribution in [3.63, 3.8) is 0 Å². The summed E-state index contributed by atoms with van der Waals surface area (Å²) in [6.45, 7) is 2.09. The highest BCUT2D eigenvalue weighted by Crippen LogP contribution is 2.21. The number of aryl methyl sites for hydroxylation is 1. The summed E-state index contributed by atoms with van der Waals surface area (Å²) >= 11 is 0. The van der Waals surface area contributed by atoms with E-state index in [4.69, 9.17) is 15.1 Å². The number of aromatic carboxylic acids is 1. The Kier molecular flexibility index (Phi) is 3.96. The molecule has 0 amide bonds. The molecule has 2 rings (SSSR count). The highest BCUT2D eigenvalue weighted by atomic mass is 16.5. The quantitative estimate of drug-likeness (QED) is 0.921. The Hall–Kier alpha value is -2.87. The second-order valence-corrected chi connectivity index (χ2v) is 4.24. The van der Waals surface area contributed by atoms with E-state index in [9.17, 15) is 4.79 Å². The Morgan fingerprint density at radius 2 is 2.20 bits per heavy atom. The third-order valence-electron chi connectivity index (χ3n) is 2.77. The third-order valence-corrected chi connectivity index (χ3v) is 2.77. The number of aromatic nitrogens is 1. The Bertz CT molecular complexity index is 690. The molecule has 2 aromatic rings. The molecule has 0 saturated carbocycles. The normalized spacial score (nSPS) is 9.80. The molecular formula is C15H12N2O3. The van der Waals surface area contributed by atoms with E-state index in [1.165, 1.54) is 18.3 Å². The van der Waals surface area contributed by atoms with Crippen molar-refractivity contribution in [1.29, 1.82) is 5.26 Å². The number of benzene rings is 1. The summed E-state index contributed by atoms with van der Waals surface area (Å²) in [5, 5.41) is 17.7. The van der Waals surface area contributed by atoms with Crippen LogP contribution in [0.1, 0.15) is 27.2 Å². The number of pyridine rings is 1. The van der Waals surface area contributed by atoms with Crippen molar-refractivity contribution in [2.45, 2.75) is 13.5 Å². The van der Waals surface area contributed by atoms with Gasteiger partial charge in [-0.1, -0.05) is 6.07 Å². The van der Waals surface area contributed by atoms with Gasteiger partial charge < -0.3 is 9.84 Å². The highest BCUT2D eigenvalue weighted by Gasteiger charge is 2.07. The van der Waals surface area contributed by atoms with E-state index >= 15 is 0 Å². The van der Waals surface area contributed by atoms with Crippen molar-refractivity contribution in [2.75, 3.05) is 0 Å². The number of hydrogen-bond donors (Lipinski definition) is 1. The minimum Gasteiger partial charge on any atom is -0.489 e. The van der Waals surface area contributed by atoms with Gasteiger partial charge in [0, 0.05) is 6.20 Å². The Morgan fingerprint density at radius 1 is 1.40 bits per heavy atom. The van der Waals surface area contributed by atoms with Gasteiger partial charge in [-0.2, -0.15) is 5.26 Å². The lowest BCUT2D eigenvalue weighted by atomic mass is 10.1. The summed E-state index contributed by atoms with van der Waals surface area (Å²) < 4.78 is 5.61. The molecule has 1 heterocycles. The van der Waals surface area contributed by atoms with E-state index in [2.05, 4.69) is 4.98 Å². The topological polar surface area (TPSA) is 83.2 Å². The van der Waals surface area contributed by atoms with Crippen molar-refractivity contribution in [3.05, 3.63) is 58.9 Å². The zero-order valence-electron chi connectivity index (χ0n) is 10.8. The van der Waals surface area contributed by atoms with Crippen LogP contribution < -0.4 is 4.74 Å². The predicted molar refractivity (Wildman–Crippen MR) is 71.4 cm³/mol. The summed E-state index contributed by atoms with van der Waals surface area (Å²) in [5.74, 6) is -0.481. The van der Waals surface area contributed by atoms with Crippen molar-refractivity contribution in [3.8, 4) is 11.8 Å². The average Bonchev–Trinajstić information content (AvgIpc) is 2.46. The molecule has 5 nitrogen and oxygen atoms in total. The summed E-state index contributed by atoms with van der Waals surface area (Å²) in [5.41, 5.74) is 2.15. The number of nitriles is 1. The van der Waals surface area contributed by atoms with Crippen LogP contribution in [-0.2, 0) is 6.61 Å². The lowest BCUT2D eigenvalue weighted by Crippen LogP contribution is -2.01. The highest BCUT2D eigenvalue weighted by molar-refractivity contribution is 5.88. The van der Waals surface area contributed by atoms with Crippen LogP contribution in [0.4, 0.5) is 0 Å². The molecule has 100 valence electrons. The molecule has 0 radical (unpaired) electrons. The molecule has 0 bridgehead atoms. The Balaban J connectivity index is 2.16. The zero-order valence-corrected chi connectivity index (χ0v) is 10.8. The monoisotopic (exact) mass is 268 g/mol. The SMILES string of the molecule is Cc1ccc(C(=O)O)cc1OCc1ccnc(C#N)c1. The first-order valence-electron chi connectivity index (χ1n) is 5.92. The molecule has 1 N–H and O–H groups in total. The van der Waals surface area contributed by atoms with Crippen molar-refractivity contribution >= 4 is 5.97 Å². The van der Waals surface area contributed by atoms with Gasteiger partial charge in [0.15, 0.2) is 0 Å². The predicted octanol–water partition coefficient (Wildman–Crippen LogP) is 2.54. The van der Waals surface area contributed by atoms with E-state index in [1.807, 2.05) is 13.0 Å². The maximum atomic E-state index is 10.9. The summed E-state index contributed by atoms with van der Waals surface area (Å²) in [4.78, 5) is 14.8. The van der Waals surface area contributed by atoms with Crippen LogP contribution in [0.3, 0.4) is 0 Å². The van der Waals surface area contributed by atoms with Crippen LogP contribution in [0.15, 0.2) is 36.5 Å². The van der Waals surface area contributed by atoms with Gasteiger partial charge in [-0.05, 0) is 42.3 Å². The van der Waals surface area contributed by atoms with Gasteiger partial charge in [0.2, 0.25) is 0 Å². The van der Waals surface area contributed by atoms with Crippen LogP contribution in [-0.4, -0.2) is 16.1 Å². The smallest absolute Gasteiger partial charge is 0.335 e. The van der Waals surface area contributed by atoms with Crippen LogP contribution in [0.25, 0.3) is 0 Å². The maximum absolute atomic E-state index is 10.9. The molecule has 0 unspecified atom stereocenters. The molecule has 1 aromatic heterocycles. The standard InChI is InChI=1S/C15H12N2O3/c1-10-2-3-12(15(18)19)7-14(10)20-9-11-4-5-17-13(6-11)8-16/h2-7H,9H2,1H3,(H,18,19). The summed E-state index contributed by atoms with van der Waals surface area (Å²) in [6, 6.07) is 10.1. The number of ether oxygens (including phenoxy) is 1. The van der Waals surface area contributed by atoms with Gasteiger partial charge in [0.25, 0.3) is 0 Å². The molecule has 0 aliphatic carbocycles. The molecule has 0 aliphatic rings. The lowest BCUT2D eigenvalue weighted by molar-refractivity contribution is 0.0696.